The topological polar surface area (TPSA) is 69.7 Å². The van der Waals surface area contributed by atoms with Gasteiger partial charge in [-0.3, -0.25) is 0 Å². The van der Waals surface area contributed by atoms with E-state index in [0.29, 0.717) is 5.47 Å². The molecule has 0 aliphatic carbocycles. The summed E-state index contributed by atoms with van der Waals surface area (Å²) in [6.45, 7) is 7.82. The Bertz CT molecular complexity index is 953. The average Bonchev–Trinajstić information content (AvgIpc) is 2.94. The summed E-state index contributed by atoms with van der Waals surface area (Å²) in [7, 11) is -0.786. The molecule has 2 heterocycles. The van der Waals surface area contributed by atoms with Crippen LogP contribution in [0.5, 0.6) is 0 Å². The van der Waals surface area contributed by atoms with Crippen molar-refractivity contribution >= 4 is 30.9 Å². The highest BCUT2D eigenvalue weighted by atomic mass is 35.5. The molecule has 0 unspecified atom stereocenters. The lowest BCUT2D eigenvalue weighted by Crippen LogP contribution is -2.41. The van der Waals surface area contributed by atoms with Crippen molar-refractivity contribution < 1.29 is 23.2 Å². The monoisotopic (exact) mass is 446 g/mol. The molecule has 1 aliphatic heterocycles. The van der Waals surface area contributed by atoms with Crippen LogP contribution in [-0.4, -0.2) is 35.9 Å². The van der Waals surface area contributed by atoms with Crippen molar-refractivity contribution in [3.8, 4) is 0 Å². The zero-order valence-corrected chi connectivity index (χ0v) is 18.7. The molecule has 1 aliphatic rings. The van der Waals surface area contributed by atoms with Gasteiger partial charge in [-0.05, 0) is 44.8 Å². The van der Waals surface area contributed by atoms with Crippen LogP contribution < -0.4 is 5.32 Å². The van der Waals surface area contributed by atoms with Crippen molar-refractivity contribution in [1.82, 2.24) is 10.3 Å². The first kappa shape index (κ1) is 23.3. The fraction of sp³-hybridized carbons (Fsp3) is 0.364. The number of nitrogens with one attached hydrogen (secondary N) is 1. The van der Waals surface area contributed by atoms with Crippen LogP contribution in [0, 0.1) is 5.82 Å². The number of nitrogens with zero attached hydrogens (tertiary/aromatic N) is 1. The van der Waals surface area contributed by atoms with Gasteiger partial charge >= 0.3 is 13.2 Å². The molecule has 31 heavy (non-hydrogen) atoms. The van der Waals surface area contributed by atoms with Crippen molar-refractivity contribution in [3.05, 3.63) is 70.2 Å². The second-order valence-electron chi connectivity index (χ2n) is 8.23. The summed E-state index contributed by atoms with van der Waals surface area (Å²) >= 11 is 5.81. The molecule has 1 fully saturated rings. The third kappa shape index (κ3) is 5.64. The first-order chi connectivity index (χ1) is 14.6. The number of rotatable bonds is 6. The van der Waals surface area contributed by atoms with E-state index in [2.05, 4.69) is 10.3 Å². The molecular formula is C22H25BClFN2O4. The lowest BCUT2D eigenvalue weighted by atomic mass is 9.77. The van der Waals surface area contributed by atoms with Crippen LogP contribution in [0.2, 0.25) is 5.15 Å². The van der Waals surface area contributed by atoms with E-state index in [1.807, 2.05) is 58.0 Å². The number of carbonyl (C=O) groups excluding carboxylic acids is 1. The third-order valence-corrected chi connectivity index (χ3v) is 5.69. The molecule has 1 saturated heterocycles. The van der Waals surface area contributed by atoms with E-state index >= 15 is 0 Å². The zero-order valence-electron chi connectivity index (χ0n) is 17.9. The van der Waals surface area contributed by atoms with Crippen molar-refractivity contribution in [2.45, 2.75) is 45.5 Å². The molecule has 0 spiro atoms. The molecule has 1 N–H and O–H groups in total. The quantitative estimate of drug-likeness (QED) is 0.509. The van der Waals surface area contributed by atoms with Crippen LogP contribution in [-0.2, 0) is 20.7 Å². The van der Waals surface area contributed by atoms with E-state index in [9.17, 15) is 9.18 Å². The highest BCUT2D eigenvalue weighted by Crippen LogP contribution is 2.38. The van der Waals surface area contributed by atoms with Gasteiger partial charge in [0.25, 0.3) is 0 Å². The van der Waals surface area contributed by atoms with Gasteiger partial charge in [-0.25, -0.2) is 14.2 Å². The SMILES string of the molecule is CC1(C)OB(C(=Cc2ccnc(Cl)c2F)CNC(=O)OCc2ccccc2)OC1(C)C. The van der Waals surface area contributed by atoms with Gasteiger partial charge in [0, 0.05) is 18.3 Å². The summed E-state index contributed by atoms with van der Waals surface area (Å²) in [5, 5.41) is 2.44. The number of ether oxygens (including phenoxy) is 1. The lowest BCUT2D eigenvalue weighted by molar-refractivity contribution is 0.00578. The predicted molar refractivity (Wildman–Crippen MR) is 118 cm³/mol. The Hall–Kier alpha value is -2.42. The van der Waals surface area contributed by atoms with E-state index < -0.39 is 30.2 Å². The van der Waals surface area contributed by atoms with Gasteiger partial charge < -0.3 is 19.4 Å². The van der Waals surface area contributed by atoms with Gasteiger partial charge in [-0.1, -0.05) is 48.0 Å². The fourth-order valence-corrected chi connectivity index (χ4v) is 3.05. The van der Waals surface area contributed by atoms with E-state index in [1.165, 1.54) is 12.3 Å². The minimum Gasteiger partial charge on any atom is -0.445 e. The molecule has 0 radical (unpaired) electrons. The Morgan fingerprint density at radius 1 is 1.19 bits per heavy atom. The van der Waals surface area contributed by atoms with Gasteiger partial charge in [0.1, 0.15) is 6.61 Å². The molecule has 1 aromatic heterocycles. The summed E-state index contributed by atoms with van der Waals surface area (Å²) in [6, 6.07) is 10.8. The predicted octanol–water partition coefficient (Wildman–Crippen LogP) is 4.82. The van der Waals surface area contributed by atoms with E-state index in [-0.39, 0.29) is 23.9 Å². The Labute approximate surface area is 186 Å². The second kappa shape index (κ2) is 9.38. The molecular weight excluding hydrogens is 422 g/mol. The number of benzene rings is 1. The van der Waals surface area contributed by atoms with Crippen LogP contribution in [0.4, 0.5) is 9.18 Å². The number of hydrogen-bond acceptors (Lipinski definition) is 5. The molecule has 0 atom stereocenters. The van der Waals surface area contributed by atoms with Crippen LogP contribution in [0.15, 0.2) is 48.1 Å². The minimum atomic E-state index is -0.786. The zero-order chi connectivity index (χ0) is 22.6. The van der Waals surface area contributed by atoms with Crippen LogP contribution in [0.1, 0.15) is 38.8 Å². The van der Waals surface area contributed by atoms with Crippen LogP contribution >= 0.6 is 11.6 Å². The highest BCUT2D eigenvalue weighted by Gasteiger charge is 2.52. The second-order valence-corrected chi connectivity index (χ2v) is 8.59. The van der Waals surface area contributed by atoms with Gasteiger partial charge in [0.2, 0.25) is 0 Å². The first-order valence-electron chi connectivity index (χ1n) is 9.90. The van der Waals surface area contributed by atoms with Gasteiger partial charge in [0.05, 0.1) is 11.2 Å². The standard InChI is InChI=1S/C22H25BClFN2O4/c1-21(2)22(3,4)31-23(30-21)17(12-16-10-11-26-19(24)18(16)25)13-27-20(28)29-14-15-8-6-5-7-9-15/h5-12H,13-14H2,1-4H3,(H,27,28). The molecule has 6 nitrogen and oxygen atoms in total. The molecule has 164 valence electrons. The molecule has 3 rings (SSSR count). The molecule has 0 saturated carbocycles. The van der Waals surface area contributed by atoms with Gasteiger partial charge in [0.15, 0.2) is 11.0 Å². The van der Waals surface area contributed by atoms with E-state index in [1.54, 1.807) is 6.08 Å². The van der Waals surface area contributed by atoms with E-state index in [4.69, 9.17) is 25.6 Å². The summed E-state index contributed by atoms with van der Waals surface area (Å²) in [4.78, 5) is 15.9. The number of carbonyl (C=O) groups is 1. The Balaban J connectivity index is 1.75. The maximum atomic E-state index is 14.4. The number of halogens is 2. The maximum Gasteiger partial charge on any atom is 0.492 e. The molecule has 1 aromatic carbocycles. The number of hydrogen-bond donors (Lipinski definition) is 1. The van der Waals surface area contributed by atoms with Crippen molar-refractivity contribution in [1.29, 1.82) is 0 Å². The minimum absolute atomic E-state index is 0.0316. The summed E-state index contributed by atoms with van der Waals surface area (Å²) in [5.41, 5.74) is 0.395. The number of aromatic nitrogens is 1. The average molecular weight is 447 g/mol. The molecule has 1 amide bonds. The summed E-state index contributed by atoms with van der Waals surface area (Å²) in [6.07, 6.45) is 2.34. The normalized spacial score (nSPS) is 17.5. The highest BCUT2D eigenvalue weighted by molar-refractivity contribution is 6.56. The Kier molecular flexibility index (Phi) is 7.04. The first-order valence-corrected chi connectivity index (χ1v) is 10.3. The number of alkyl carbamates (subject to hydrolysis) is 1. The Morgan fingerprint density at radius 2 is 1.84 bits per heavy atom. The summed E-state index contributed by atoms with van der Waals surface area (Å²) < 4.78 is 31.8. The number of pyridine rings is 1. The van der Waals surface area contributed by atoms with Crippen molar-refractivity contribution in [2.75, 3.05) is 6.54 Å². The smallest absolute Gasteiger partial charge is 0.445 e. The fourth-order valence-electron chi connectivity index (χ4n) is 2.89. The third-order valence-electron chi connectivity index (χ3n) is 5.42. The summed E-state index contributed by atoms with van der Waals surface area (Å²) in [5.74, 6) is -0.662. The van der Waals surface area contributed by atoms with Gasteiger partial charge in [-0.2, -0.15) is 0 Å². The van der Waals surface area contributed by atoms with Crippen LogP contribution in [0.25, 0.3) is 6.08 Å². The Morgan fingerprint density at radius 3 is 2.48 bits per heavy atom. The lowest BCUT2D eigenvalue weighted by Gasteiger charge is -2.32. The van der Waals surface area contributed by atoms with Crippen LogP contribution in [0.3, 0.4) is 0 Å². The molecule has 0 bridgehead atoms. The van der Waals surface area contributed by atoms with Crippen molar-refractivity contribution in [2.24, 2.45) is 0 Å². The molecule has 9 heteroatoms. The van der Waals surface area contributed by atoms with Crippen molar-refractivity contribution in [3.63, 3.8) is 0 Å². The van der Waals surface area contributed by atoms with Gasteiger partial charge in [-0.15, -0.1) is 0 Å². The number of amides is 1. The molecule has 2 aromatic rings. The maximum absolute atomic E-state index is 14.4. The largest absolute Gasteiger partial charge is 0.492 e. The van der Waals surface area contributed by atoms with E-state index in [0.717, 1.165) is 5.56 Å².